The molecular weight excluding hydrogens is 354 g/mol. The van der Waals surface area contributed by atoms with Crippen molar-refractivity contribution in [3.8, 4) is 0 Å². The van der Waals surface area contributed by atoms with Gasteiger partial charge in [0.2, 0.25) is 5.91 Å². The lowest BCUT2D eigenvalue weighted by Crippen LogP contribution is -2.32. The molecule has 1 aliphatic rings. The average Bonchev–Trinajstić information content (AvgIpc) is 2.94. The Kier molecular flexibility index (Phi) is 5.23. The maximum atomic E-state index is 12.7. The molecule has 3 rings (SSSR count). The molecule has 1 fully saturated rings. The van der Waals surface area contributed by atoms with Crippen molar-refractivity contribution in [1.82, 2.24) is 15.5 Å². The van der Waals surface area contributed by atoms with Gasteiger partial charge in [-0.15, -0.1) is 0 Å². The van der Waals surface area contributed by atoms with Crippen LogP contribution < -0.4 is 10.6 Å². The van der Waals surface area contributed by atoms with Crippen molar-refractivity contribution in [2.75, 3.05) is 6.54 Å². The summed E-state index contributed by atoms with van der Waals surface area (Å²) >= 11 is 6.00. The summed E-state index contributed by atoms with van der Waals surface area (Å²) in [7, 11) is 0. The van der Waals surface area contributed by atoms with Crippen molar-refractivity contribution in [1.29, 1.82) is 0 Å². The number of urea groups is 1. The fraction of sp³-hybridized carbons (Fsp3) is 0.211. The highest BCUT2D eigenvalue weighted by Crippen LogP contribution is 2.19. The third-order valence-electron chi connectivity index (χ3n) is 4.22. The smallest absolute Gasteiger partial charge is 0.324 e. The Morgan fingerprint density at radius 1 is 1.23 bits per heavy atom. The normalized spacial score (nSPS) is 14.9. The minimum atomic E-state index is -0.447. The second-order valence-electron chi connectivity index (χ2n) is 6.05. The number of carbonyl (C=O) groups is 3. The number of halogens is 1. The Hall–Kier alpha value is -2.86. The molecule has 0 unspecified atom stereocenters. The third kappa shape index (κ3) is 3.86. The van der Waals surface area contributed by atoms with Crippen molar-refractivity contribution in [3.63, 3.8) is 0 Å². The Balaban J connectivity index is 1.77. The highest BCUT2D eigenvalue weighted by Gasteiger charge is 2.29. The van der Waals surface area contributed by atoms with E-state index in [1.54, 1.807) is 36.4 Å². The minimum absolute atomic E-state index is 0.0149. The van der Waals surface area contributed by atoms with Gasteiger partial charge in [0.1, 0.15) is 0 Å². The van der Waals surface area contributed by atoms with Gasteiger partial charge >= 0.3 is 6.03 Å². The first kappa shape index (κ1) is 17.9. The number of hydrogen-bond acceptors (Lipinski definition) is 3. The summed E-state index contributed by atoms with van der Waals surface area (Å²) in [6.07, 6.45) is 0. The predicted molar refractivity (Wildman–Crippen MR) is 97.7 cm³/mol. The van der Waals surface area contributed by atoms with Gasteiger partial charge in [-0.1, -0.05) is 41.9 Å². The summed E-state index contributed by atoms with van der Waals surface area (Å²) in [6.45, 7) is 1.91. The van der Waals surface area contributed by atoms with Crippen LogP contribution in [0, 0.1) is 0 Å². The quantitative estimate of drug-likeness (QED) is 0.793. The molecule has 6 nitrogen and oxygen atoms in total. The van der Waals surface area contributed by atoms with Gasteiger partial charge in [0.15, 0.2) is 0 Å². The molecule has 0 radical (unpaired) electrons. The van der Waals surface area contributed by atoms with E-state index in [1.165, 1.54) is 0 Å². The summed E-state index contributed by atoms with van der Waals surface area (Å²) < 4.78 is 0. The Labute approximate surface area is 156 Å². The number of hydrogen-bond donors (Lipinski definition) is 2. The molecule has 2 N–H and O–H groups in total. The van der Waals surface area contributed by atoms with Crippen LogP contribution >= 0.6 is 11.6 Å². The average molecular weight is 372 g/mol. The topological polar surface area (TPSA) is 78.5 Å². The molecule has 4 amide bonds. The van der Waals surface area contributed by atoms with Gasteiger partial charge in [0.05, 0.1) is 19.1 Å². The minimum Gasteiger partial charge on any atom is -0.346 e. The summed E-state index contributed by atoms with van der Waals surface area (Å²) in [5.41, 5.74) is 1.92. The molecule has 0 aromatic heterocycles. The molecule has 26 heavy (non-hydrogen) atoms. The highest BCUT2D eigenvalue weighted by atomic mass is 35.5. The van der Waals surface area contributed by atoms with E-state index in [1.807, 2.05) is 19.1 Å². The number of imide groups is 1. The maximum absolute atomic E-state index is 12.7. The summed E-state index contributed by atoms with van der Waals surface area (Å²) in [5, 5.41) is 6.00. The van der Waals surface area contributed by atoms with Crippen LogP contribution in [0.25, 0.3) is 0 Å². The second-order valence-corrected chi connectivity index (χ2v) is 6.48. The molecule has 0 saturated carbocycles. The van der Waals surface area contributed by atoms with Crippen molar-refractivity contribution in [2.24, 2.45) is 0 Å². The zero-order valence-electron chi connectivity index (χ0n) is 14.2. The molecule has 2 aromatic rings. The molecular formula is C19H18ClN3O3. The first-order valence-electron chi connectivity index (χ1n) is 8.18. The molecule has 0 spiro atoms. The third-order valence-corrected chi connectivity index (χ3v) is 4.46. The summed E-state index contributed by atoms with van der Waals surface area (Å²) in [4.78, 5) is 37.4. The number of amides is 4. The molecule has 1 aliphatic heterocycles. The number of rotatable bonds is 5. The Bertz CT molecular complexity index is 853. The predicted octanol–water partition coefficient (Wildman–Crippen LogP) is 2.88. The van der Waals surface area contributed by atoms with Crippen LogP contribution in [0.1, 0.15) is 34.5 Å². The number of nitrogens with zero attached hydrogens (tertiary/aromatic N) is 1. The second kappa shape index (κ2) is 7.58. The van der Waals surface area contributed by atoms with Crippen LogP contribution in [0.3, 0.4) is 0 Å². The molecule has 1 saturated heterocycles. The Morgan fingerprint density at radius 3 is 2.69 bits per heavy atom. The monoisotopic (exact) mass is 371 g/mol. The SMILES string of the molecule is C[C@H](NC(=O)c1ccccc1CN1C(=O)CNC1=O)c1cccc(Cl)c1. The van der Waals surface area contributed by atoms with E-state index in [0.29, 0.717) is 16.1 Å². The van der Waals surface area contributed by atoms with E-state index in [2.05, 4.69) is 10.6 Å². The fourth-order valence-corrected chi connectivity index (χ4v) is 3.00. The number of carbonyl (C=O) groups excluding carboxylic acids is 3. The Morgan fingerprint density at radius 2 is 2.00 bits per heavy atom. The number of nitrogens with one attached hydrogen (secondary N) is 2. The zero-order valence-corrected chi connectivity index (χ0v) is 14.9. The number of benzene rings is 2. The maximum Gasteiger partial charge on any atom is 0.324 e. The van der Waals surface area contributed by atoms with Crippen molar-refractivity contribution in [2.45, 2.75) is 19.5 Å². The van der Waals surface area contributed by atoms with Gasteiger partial charge in [0, 0.05) is 10.6 Å². The van der Waals surface area contributed by atoms with Crippen LogP contribution in [0.4, 0.5) is 4.79 Å². The zero-order chi connectivity index (χ0) is 18.7. The lowest BCUT2D eigenvalue weighted by Gasteiger charge is -2.18. The van der Waals surface area contributed by atoms with E-state index < -0.39 is 6.03 Å². The molecule has 0 aliphatic carbocycles. The molecule has 2 aromatic carbocycles. The van der Waals surface area contributed by atoms with Crippen LogP contribution in [0.5, 0.6) is 0 Å². The van der Waals surface area contributed by atoms with E-state index in [9.17, 15) is 14.4 Å². The molecule has 134 valence electrons. The van der Waals surface area contributed by atoms with Crippen LogP contribution in [-0.4, -0.2) is 29.3 Å². The van der Waals surface area contributed by atoms with Crippen LogP contribution in [0.15, 0.2) is 48.5 Å². The lowest BCUT2D eigenvalue weighted by atomic mass is 10.0. The van der Waals surface area contributed by atoms with Gasteiger partial charge in [-0.3, -0.25) is 14.5 Å². The van der Waals surface area contributed by atoms with E-state index in [-0.39, 0.29) is 30.9 Å². The fourth-order valence-electron chi connectivity index (χ4n) is 2.80. The molecule has 7 heteroatoms. The van der Waals surface area contributed by atoms with E-state index >= 15 is 0 Å². The summed E-state index contributed by atoms with van der Waals surface area (Å²) in [5.74, 6) is -0.586. The van der Waals surface area contributed by atoms with Crippen molar-refractivity contribution in [3.05, 3.63) is 70.2 Å². The van der Waals surface area contributed by atoms with E-state index in [4.69, 9.17) is 11.6 Å². The van der Waals surface area contributed by atoms with Crippen molar-refractivity contribution < 1.29 is 14.4 Å². The largest absolute Gasteiger partial charge is 0.346 e. The van der Waals surface area contributed by atoms with Crippen molar-refractivity contribution >= 4 is 29.4 Å². The van der Waals surface area contributed by atoms with Gasteiger partial charge in [0.25, 0.3) is 5.91 Å². The molecule has 1 heterocycles. The highest BCUT2D eigenvalue weighted by molar-refractivity contribution is 6.30. The lowest BCUT2D eigenvalue weighted by molar-refractivity contribution is -0.125. The first-order chi connectivity index (χ1) is 12.5. The van der Waals surface area contributed by atoms with E-state index in [0.717, 1.165) is 10.5 Å². The summed E-state index contributed by atoms with van der Waals surface area (Å²) in [6, 6.07) is 13.5. The first-order valence-corrected chi connectivity index (χ1v) is 8.56. The van der Waals surface area contributed by atoms with Gasteiger partial charge in [-0.2, -0.15) is 0 Å². The standard InChI is InChI=1S/C19H18ClN3O3/c1-12(13-6-4-7-15(20)9-13)22-18(25)16-8-3-2-5-14(16)11-23-17(24)10-21-19(23)26/h2-9,12H,10-11H2,1H3,(H,21,26)(H,22,25)/t12-/m0/s1. The van der Waals surface area contributed by atoms with Crippen LogP contribution in [0.2, 0.25) is 5.02 Å². The van der Waals surface area contributed by atoms with Gasteiger partial charge in [-0.05, 0) is 36.2 Å². The van der Waals surface area contributed by atoms with Gasteiger partial charge < -0.3 is 10.6 Å². The molecule has 1 atom stereocenters. The van der Waals surface area contributed by atoms with Crippen LogP contribution in [-0.2, 0) is 11.3 Å². The van der Waals surface area contributed by atoms with Gasteiger partial charge in [-0.25, -0.2) is 4.79 Å². The molecule has 0 bridgehead atoms.